The Morgan fingerprint density at radius 1 is 1.32 bits per heavy atom. The van der Waals surface area contributed by atoms with Gasteiger partial charge in [-0.15, -0.1) is 0 Å². The molecule has 0 bridgehead atoms. The number of carboxylic acid groups (broad SMARTS) is 1. The third-order valence-electron chi connectivity index (χ3n) is 3.58. The molecule has 8 nitrogen and oxygen atoms in total. The van der Waals surface area contributed by atoms with Gasteiger partial charge >= 0.3 is 5.97 Å². The summed E-state index contributed by atoms with van der Waals surface area (Å²) in [6, 6.07) is 5.39. The van der Waals surface area contributed by atoms with E-state index in [0.717, 1.165) is 12.2 Å². The Hall–Kier alpha value is -3.07. The number of carboxylic acids is 1. The number of nitrogens with zero attached hydrogens (tertiary/aromatic N) is 1. The first-order valence-corrected chi connectivity index (χ1v) is 7.38. The molecule has 9 heteroatoms. The van der Waals surface area contributed by atoms with Crippen LogP contribution >= 0.6 is 0 Å². The van der Waals surface area contributed by atoms with E-state index in [2.05, 4.69) is 10.9 Å². The van der Waals surface area contributed by atoms with Crippen LogP contribution in [0.2, 0.25) is 0 Å². The zero-order chi connectivity index (χ0) is 18.4. The van der Waals surface area contributed by atoms with Crippen LogP contribution in [-0.2, 0) is 4.79 Å². The Kier molecular flexibility index (Phi) is 5.96. The van der Waals surface area contributed by atoms with Crippen molar-refractivity contribution in [3.8, 4) is 0 Å². The molecule has 1 aromatic carbocycles. The molecule has 1 aliphatic carbocycles. The molecule has 0 fully saturated rings. The molecule has 3 atom stereocenters. The van der Waals surface area contributed by atoms with Crippen LogP contribution in [0.25, 0.3) is 0 Å². The van der Waals surface area contributed by atoms with Crippen LogP contribution in [-0.4, -0.2) is 40.2 Å². The van der Waals surface area contributed by atoms with Crippen LogP contribution in [0.15, 0.2) is 54.1 Å². The zero-order valence-electron chi connectivity index (χ0n) is 13.0. The molecule has 1 unspecified atom stereocenters. The maximum atomic E-state index is 13.4. The minimum absolute atomic E-state index is 0.155. The monoisotopic (exact) mass is 349 g/mol. The molecule has 3 N–H and O–H groups in total. The second-order valence-electron chi connectivity index (χ2n) is 5.38. The van der Waals surface area contributed by atoms with Crippen molar-refractivity contribution in [2.45, 2.75) is 24.7 Å². The van der Waals surface area contributed by atoms with Gasteiger partial charge in [-0.3, -0.25) is 25.1 Å². The van der Waals surface area contributed by atoms with E-state index in [9.17, 15) is 29.2 Å². The maximum absolute atomic E-state index is 13.4. The number of halogens is 1. The molecule has 0 saturated carbocycles. The fourth-order valence-corrected chi connectivity index (χ4v) is 2.26. The van der Waals surface area contributed by atoms with E-state index in [1.165, 1.54) is 6.08 Å². The number of carbonyl (C=O) groups excluding carboxylic acids is 1. The van der Waals surface area contributed by atoms with Gasteiger partial charge in [0.2, 0.25) is 0 Å². The molecule has 0 saturated heterocycles. The van der Waals surface area contributed by atoms with Crippen molar-refractivity contribution < 1.29 is 24.0 Å². The predicted molar refractivity (Wildman–Crippen MR) is 86.0 cm³/mol. The van der Waals surface area contributed by atoms with Crippen molar-refractivity contribution in [2.24, 2.45) is 0 Å². The van der Waals surface area contributed by atoms with E-state index < -0.39 is 35.1 Å². The number of aliphatic carboxylic acids is 1. The van der Waals surface area contributed by atoms with Crippen molar-refractivity contribution in [2.75, 3.05) is 0 Å². The first-order chi connectivity index (χ1) is 11.9. The lowest BCUT2D eigenvalue weighted by Gasteiger charge is -2.19. The zero-order valence-corrected chi connectivity index (χ0v) is 13.0. The summed E-state index contributed by atoms with van der Waals surface area (Å²) in [5, 5.41) is 20.0. The standard InChI is InChI=1S/C16H16FN3O5/c17-12-7-6-10(9-14(12)20(24)25)8-13(16(22)23)18-19-15(21)11-4-2-1-3-5-11/h1-7,9,12-14,18H,8H2,(H,19,21)(H,22,23)/t12?,13-,14+/m0/s1. The van der Waals surface area contributed by atoms with Gasteiger partial charge in [-0.2, -0.15) is 0 Å². The van der Waals surface area contributed by atoms with E-state index in [1.54, 1.807) is 30.3 Å². The summed E-state index contributed by atoms with van der Waals surface area (Å²) in [6.07, 6.45) is 1.50. The normalized spacial score (nSPS) is 20.4. The lowest BCUT2D eigenvalue weighted by molar-refractivity contribution is -0.515. The summed E-state index contributed by atoms with van der Waals surface area (Å²) in [4.78, 5) is 33.3. The number of amides is 1. The largest absolute Gasteiger partial charge is 0.480 e. The number of nitrogens with one attached hydrogen (secondary N) is 2. The highest BCUT2D eigenvalue weighted by molar-refractivity contribution is 5.94. The fourth-order valence-electron chi connectivity index (χ4n) is 2.26. The first kappa shape index (κ1) is 18.3. The van der Waals surface area contributed by atoms with Gasteiger partial charge in [-0.05, 0) is 29.9 Å². The Morgan fingerprint density at radius 2 is 2.00 bits per heavy atom. The summed E-state index contributed by atoms with van der Waals surface area (Å²) < 4.78 is 13.4. The fraction of sp³-hybridized carbons (Fsp3) is 0.250. The van der Waals surface area contributed by atoms with Gasteiger partial charge in [0.15, 0.2) is 6.17 Å². The Bertz CT molecular complexity index is 720. The molecule has 1 aliphatic rings. The second kappa shape index (κ2) is 8.15. The van der Waals surface area contributed by atoms with E-state index >= 15 is 0 Å². The number of nitro groups is 1. The van der Waals surface area contributed by atoms with Crippen LogP contribution in [0, 0.1) is 10.1 Å². The minimum atomic E-state index is -1.76. The van der Waals surface area contributed by atoms with Crippen molar-refractivity contribution >= 4 is 11.9 Å². The number of carbonyl (C=O) groups is 2. The van der Waals surface area contributed by atoms with Gasteiger partial charge in [0, 0.05) is 16.9 Å². The summed E-state index contributed by atoms with van der Waals surface area (Å²) in [7, 11) is 0. The van der Waals surface area contributed by atoms with Crippen molar-refractivity contribution in [1.82, 2.24) is 10.9 Å². The summed E-state index contributed by atoms with van der Waals surface area (Å²) in [6.45, 7) is 0. The number of rotatable bonds is 7. The van der Waals surface area contributed by atoms with Crippen LogP contribution in [0.5, 0.6) is 0 Å². The third-order valence-corrected chi connectivity index (χ3v) is 3.58. The number of hydrogen-bond donors (Lipinski definition) is 3. The van der Waals surface area contributed by atoms with Crippen molar-refractivity contribution in [1.29, 1.82) is 0 Å². The molecule has 1 amide bonds. The SMILES string of the molecule is O=C(NN[C@@H](CC1=C[C@@H]([N+](=O)[O-])C(F)C=C1)C(=O)O)c1ccccc1. The Balaban J connectivity index is 2.00. The highest BCUT2D eigenvalue weighted by Gasteiger charge is 2.31. The second-order valence-corrected chi connectivity index (χ2v) is 5.38. The van der Waals surface area contributed by atoms with Gasteiger partial charge in [0.25, 0.3) is 11.9 Å². The summed E-state index contributed by atoms with van der Waals surface area (Å²) in [5.74, 6) is -1.78. The smallest absolute Gasteiger partial charge is 0.322 e. The topological polar surface area (TPSA) is 122 Å². The van der Waals surface area contributed by atoms with Crippen LogP contribution in [0.1, 0.15) is 16.8 Å². The van der Waals surface area contributed by atoms with E-state index in [4.69, 9.17) is 0 Å². The molecule has 0 heterocycles. The molecular weight excluding hydrogens is 333 g/mol. The van der Waals surface area contributed by atoms with Gasteiger partial charge < -0.3 is 5.11 Å². The molecule has 1 aromatic rings. The maximum Gasteiger partial charge on any atom is 0.322 e. The van der Waals surface area contributed by atoms with Gasteiger partial charge in [-0.25, -0.2) is 9.82 Å². The van der Waals surface area contributed by atoms with Crippen LogP contribution < -0.4 is 10.9 Å². The summed E-state index contributed by atoms with van der Waals surface area (Å²) in [5.41, 5.74) is 5.30. The van der Waals surface area contributed by atoms with Gasteiger partial charge in [0.05, 0.1) is 0 Å². The third kappa shape index (κ3) is 4.95. The van der Waals surface area contributed by atoms with E-state index in [-0.39, 0.29) is 6.42 Å². The predicted octanol–water partition coefficient (Wildman–Crippen LogP) is 1.24. The highest BCUT2D eigenvalue weighted by atomic mass is 19.1. The first-order valence-electron chi connectivity index (χ1n) is 7.38. The van der Waals surface area contributed by atoms with Crippen molar-refractivity contribution in [3.05, 3.63) is 69.8 Å². The molecule has 0 aromatic heterocycles. The highest BCUT2D eigenvalue weighted by Crippen LogP contribution is 2.20. The Labute approximate surface area is 142 Å². The number of alkyl halides is 1. The number of benzene rings is 1. The number of hydrazine groups is 1. The van der Waals surface area contributed by atoms with Crippen LogP contribution in [0.4, 0.5) is 4.39 Å². The molecule has 0 aliphatic heterocycles. The van der Waals surface area contributed by atoms with Crippen LogP contribution in [0.3, 0.4) is 0 Å². The van der Waals surface area contributed by atoms with E-state index in [0.29, 0.717) is 11.1 Å². The molecule has 0 spiro atoms. The van der Waals surface area contributed by atoms with Gasteiger partial charge in [-0.1, -0.05) is 24.3 Å². The quantitative estimate of drug-likeness (QED) is 0.503. The molecule has 25 heavy (non-hydrogen) atoms. The van der Waals surface area contributed by atoms with E-state index in [1.807, 2.05) is 0 Å². The minimum Gasteiger partial charge on any atom is -0.480 e. The molecule has 132 valence electrons. The molecule has 2 rings (SSSR count). The molecular formula is C16H16FN3O5. The van der Waals surface area contributed by atoms with Crippen molar-refractivity contribution in [3.63, 3.8) is 0 Å². The number of hydrogen-bond acceptors (Lipinski definition) is 5. The number of allylic oxidation sites excluding steroid dienone is 1. The van der Waals surface area contributed by atoms with Gasteiger partial charge in [0.1, 0.15) is 6.04 Å². The Morgan fingerprint density at radius 3 is 2.60 bits per heavy atom. The lowest BCUT2D eigenvalue weighted by atomic mass is 9.96. The average molecular weight is 349 g/mol. The average Bonchev–Trinajstić information content (AvgIpc) is 2.59. The summed E-state index contributed by atoms with van der Waals surface area (Å²) >= 11 is 0. The molecule has 0 radical (unpaired) electrons. The lowest BCUT2D eigenvalue weighted by Crippen LogP contribution is -2.48.